The summed E-state index contributed by atoms with van der Waals surface area (Å²) in [5.74, 6) is -0.195. The highest BCUT2D eigenvalue weighted by Gasteiger charge is 2.12. The molecule has 0 aromatic heterocycles. The van der Waals surface area contributed by atoms with Gasteiger partial charge in [-0.15, -0.1) is 0 Å². The van der Waals surface area contributed by atoms with Crippen LogP contribution in [0.25, 0.3) is 0 Å². The van der Waals surface area contributed by atoms with Crippen molar-refractivity contribution in [3.8, 4) is 0 Å². The molecule has 24 heavy (non-hydrogen) atoms. The SMILES string of the molecule is CC(=O)N(CCNC(=O)c1cccc(C)c1)Cc1ccccc1Cl. The van der Waals surface area contributed by atoms with Gasteiger partial charge in [0.1, 0.15) is 0 Å². The number of hydrogen-bond acceptors (Lipinski definition) is 2. The minimum absolute atomic E-state index is 0.0558. The summed E-state index contributed by atoms with van der Waals surface area (Å²) >= 11 is 6.14. The van der Waals surface area contributed by atoms with Crippen molar-refractivity contribution >= 4 is 23.4 Å². The van der Waals surface area contributed by atoms with Crippen LogP contribution in [0.15, 0.2) is 48.5 Å². The highest BCUT2D eigenvalue weighted by molar-refractivity contribution is 6.31. The van der Waals surface area contributed by atoms with Crippen LogP contribution in [0.1, 0.15) is 28.4 Å². The lowest BCUT2D eigenvalue weighted by Crippen LogP contribution is -2.37. The van der Waals surface area contributed by atoms with Crippen LogP contribution in [0, 0.1) is 6.92 Å². The summed E-state index contributed by atoms with van der Waals surface area (Å²) < 4.78 is 0. The second-order valence-corrected chi connectivity index (χ2v) is 6.06. The summed E-state index contributed by atoms with van der Waals surface area (Å²) in [6, 6.07) is 14.8. The Kier molecular flexibility index (Phi) is 6.38. The van der Waals surface area contributed by atoms with Crippen molar-refractivity contribution in [2.45, 2.75) is 20.4 Å². The Balaban J connectivity index is 1.91. The molecule has 126 valence electrons. The Morgan fingerprint density at radius 1 is 1.12 bits per heavy atom. The first-order valence-electron chi connectivity index (χ1n) is 7.81. The maximum Gasteiger partial charge on any atom is 0.251 e. The highest BCUT2D eigenvalue weighted by Crippen LogP contribution is 2.17. The normalized spacial score (nSPS) is 10.3. The zero-order valence-electron chi connectivity index (χ0n) is 13.9. The molecule has 0 aliphatic carbocycles. The maximum atomic E-state index is 12.1. The lowest BCUT2D eigenvalue weighted by atomic mass is 10.1. The molecule has 0 unspecified atom stereocenters. The van der Waals surface area contributed by atoms with Gasteiger partial charge in [-0.05, 0) is 30.7 Å². The first-order valence-corrected chi connectivity index (χ1v) is 8.19. The highest BCUT2D eigenvalue weighted by atomic mass is 35.5. The fourth-order valence-corrected chi connectivity index (χ4v) is 2.57. The van der Waals surface area contributed by atoms with E-state index in [1.165, 1.54) is 6.92 Å². The quantitative estimate of drug-likeness (QED) is 0.872. The molecular weight excluding hydrogens is 324 g/mol. The number of amides is 2. The van der Waals surface area contributed by atoms with Crippen LogP contribution in [0.3, 0.4) is 0 Å². The molecule has 4 nitrogen and oxygen atoms in total. The lowest BCUT2D eigenvalue weighted by molar-refractivity contribution is -0.129. The van der Waals surface area contributed by atoms with E-state index in [0.717, 1.165) is 11.1 Å². The summed E-state index contributed by atoms with van der Waals surface area (Å²) in [7, 11) is 0. The molecule has 0 saturated heterocycles. The first-order chi connectivity index (χ1) is 11.5. The Labute approximate surface area is 147 Å². The Bertz CT molecular complexity index is 731. The predicted molar refractivity (Wildman–Crippen MR) is 96.1 cm³/mol. The van der Waals surface area contributed by atoms with E-state index in [9.17, 15) is 9.59 Å². The van der Waals surface area contributed by atoms with E-state index in [-0.39, 0.29) is 11.8 Å². The Hall–Kier alpha value is -2.33. The van der Waals surface area contributed by atoms with Crippen molar-refractivity contribution in [3.05, 3.63) is 70.2 Å². The van der Waals surface area contributed by atoms with Crippen LogP contribution in [0.4, 0.5) is 0 Å². The zero-order chi connectivity index (χ0) is 17.5. The van der Waals surface area contributed by atoms with Gasteiger partial charge in [0.2, 0.25) is 5.91 Å². The molecule has 0 radical (unpaired) electrons. The van der Waals surface area contributed by atoms with E-state index >= 15 is 0 Å². The Morgan fingerprint density at radius 3 is 2.54 bits per heavy atom. The topological polar surface area (TPSA) is 49.4 Å². The zero-order valence-corrected chi connectivity index (χ0v) is 14.6. The van der Waals surface area contributed by atoms with Crippen molar-refractivity contribution in [2.24, 2.45) is 0 Å². The molecule has 0 bridgehead atoms. The average Bonchev–Trinajstić information content (AvgIpc) is 2.55. The third-order valence-electron chi connectivity index (χ3n) is 3.71. The average molecular weight is 345 g/mol. The largest absolute Gasteiger partial charge is 0.350 e. The molecule has 0 aliphatic heterocycles. The molecule has 0 saturated carbocycles. The van der Waals surface area contributed by atoms with Crippen LogP contribution >= 0.6 is 11.6 Å². The third-order valence-corrected chi connectivity index (χ3v) is 4.08. The van der Waals surface area contributed by atoms with E-state index in [1.54, 1.807) is 17.0 Å². The minimum Gasteiger partial charge on any atom is -0.350 e. The van der Waals surface area contributed by atoms with Crippen molar-refractivity contribution in [1.29, 1.82) is 0 Å². The molecule has 0 heterocycles. The second kappa shape index (κ2) is 8.50. The van der Waals surface area contributed by atoms with Gasteiger partial charge >= 0.3 is 0 Å². The molecule has 1 N–H and O–H groups in total. The van der Waals surface area contributed by atoms with Gasteiger partial charge in [0, 0.05) is 37.1 Å². The van der Waals surface area contributed by atoms with Crippen LogP contribution in [0.2, 0.25) is 5.02 Å². The molecule has 2 amide bonds. The smallest absolute Gasteiger partial charge is 0.251 e. The van der Waals surface area contributed by atoms with Crippen LogP contribution in [0.5, 0.6) is 0 Å². The maximum absolute atomic E-state index is 12.1. The molecule has 2 rings (SSSR count). The summed E-state index contributed by atoms with van der Waals surface area (Å²) in [5, 5.41) is 3.48. The number of nitrogens with one attached hydrogen (secondary N) is 1. The van der Waals surface area contributed by atoms with Crippen LogP contribution in [-0.4, -0.2) is 29.8 Å². The van der Waals surface area contributed by atoms with E-state index in [4.69, 9.17) is 11.6 Å². The van der Waals surface area contributed by atoms with Crippen molar-refractivity contribution in [2.75, 3.05) is 13.1 Å². The molecule has 0 aliphatic rings. The van der Waals surface area contributed by atoms with Crippen molar-refractivity contribution in [1.82, 2.24) is 10.2 Å². The fourth-order valence-electron chi connectivity index (χ4n) is 2.37. The van der Waals surface area contributed by atoms with Gasteiger partial charge in [0.25, 0.3) is 5.91 Å². The molecule has 0 atom stereocenters. The molecule has 0 fully saturated rings. The summed E-state index contributed by atoms with van der Waals surface area (Å²) in [5.41, 5.74) is 2.54. The molecule has 5 heteroatoms. The predicted octanol–water partition coefficient (Wildman–Crippen LogP) is 3.43. The van der Waals surface area contributed by atoms with Crippen molar-refractivity contribution < 1.29 is 9.59 Å². The lowest BCUT2D eigenvalue weighted by Gasteiger charge is -2.22. The number of rotatable bonds is 6. The number of carbonyl (C=O) groups is 2. The van der Waals surface area contributed by atoms with Gasteiger partial charge in [0.15, 0.2) is 0 Å². The van der Waals surface area contributed by atoms with E-state index < -0.39 is 0 Å². The van der Waals surface area contributed by atoms with Crippen molar-refractivity contribution in [3.63, 3.8) is 0 Å². The number of benzene rings is 2. The van der Waals surface area contributed by atoms with Crippen LogP contribution < -0.4 is 5.32 Å². The van der Waals surface area contributed by atoms with Gasteiger partial charge < -0.3 is 10.2 Å². The van der Waals surface area contributed by atoms with Gasteiger partial charge in [-0.3, -0.25) is 9.59 Å². The molecular formula is C19H21ClN2O2. The fraction of sp³-hybridized carbons (Fsp3) is 0.263. The van der Waals surface area contributed by atoms with E-state index in [2.05, 4.69) is 5.32 Å². The Morgan fingerprint density at radius 2 is 1.88 bits per heavy atom. The summed E-state index contributed by atoms with van der Waals surface area (Å²) in [6.45, 7) is 4.70. The van der Waals surface area contributed by atoms with Crippen LogP contribution in [-0.2, 0) is 11.3 Å². The monoisotopic (exact) mass is 344 g/mol. The number of aryl methyl sites for hydroxylation is 1. The third kappa shape index (κ3) is 5.10. The summed E-state index contributed by atoms with van der Waals surface area (Å²) in [6.07, 6.45) is 0. The summed E-state index contributed by atoms with van der Waals surface area (Å²) in [4.78, 5) is 25.6. The molecule has 2 aromatic rings. The number of hydrogen-bond donors (Lipinski definition) is 1. The second-order valence-electron chi connectivity index (χ2n) is 5.66. The van der Waals surface area contributed by atoms with Gasteiger partial charge in [-0.1, -0.05) is 47.5 Å². The number of carbonyl (C=O) groups excluding carboxylic acids is 2. The van der Waals surface area contributed by atoms with E-state index in [0.29, 0.717) is 30.2 Å². The number of nitrogens with zero attached hydrogens (tertiary/aromatic N) is 1. The molecule has 2 aromatic carbocycles. The van der Waals surface area contributed by atoms with E-state index in [1.807, 2.05) is 43.3 Å². The van der Waals surface area contributed by atoms with Gasteiger partial charge in [-0.2, -0.15) is 0 Å². The van der Waals surface area contributed by atoms with Gasteiger partial charge in [-0.25, -0.2) is 0 Å². The molecule has 0 spiro atoms. The minimum atomic E-state index is -0.139. The standard InChI is InChI=1S/C19H21ClN2O2/c1-14-6-5-8-16(12-14)19(24)21-10-11-22(15(2)23)13-17-7-3-4-9-18(17)20/h3-9,12H,10-11,13H2,1-2H3,(H,21,24). The number of halogens is 1. The van der Waals surface area contributed by atoms with Gasteiger partial charge in [0.05, 0.1) is 0 Å². The first kappa shape index (κ1) is 18.0.